The summed E-state index contributed by atoms with van der Waals surface area (Å²) in [6.07, 6.45) is 10.6. The van der Waals surface area contributed by atoms with Crippen LogP contribution >= 0.6 is 0 Å². The summed E-state index contributed by atoms with van der Waals surface area (Å²) in [4.78, 5) is 0. The van der Waals surface area contributed by atoms with Crippen LogP contribution in [-0.4, -0.2) is 34.6 Å². The van der Waals surface area contributed by atoms with E-state index in [1.165, 1.54) is 5.57 Å². The number of ether oxygens (including phenoxy) is 1. The van der Waals surface area contributed by atoms with E-state index in [0.29, 0.717) is 25.0 Å². The second-order valence-electron chi connectivity index (χ2n) is 9.01. The smallest absolute Gasteiger partial charge is 0.122 e. The van der Waals surface area contributed by atoms with Crippen molar-refractivity contribution in [3.8, 4) is 11.5 Å². The van der Waals surface area contributed by atoms with Crippen molar-refractivity contribution in [1.29, 1.82) is 0 Å². The Labute approximate surface area is 194 Å². The molecule has 0 aliphatic heterocycles. The van der Waals surface area contributed by atoms with Crippen LogP contribution in [0.15, 0.2) is 58.7 Å². The number of phenols is 1. The van der Waals surface area contributed by atoms with Crippen molar-refractivity contribution in [2.75, 3.05) is 7.11 Å². The Balaban J connectivity index is 2.59. The molecule has 0 spiro atoms. The number of rotatable bonds is 12. The van der Waals surface area contributed by atoms with Crippen LogP contribution in [0.5, 0.6) is 11.5 Å². The van der Waals surface area contributed by atoms with E-state index in [9.17, 15) is 15.3 Å². The largest absolute Gasteiger partial charge is 0.507 e. The van der Waals surface area contributed by atoms with E-state index in [4.69, 9.17) is 4.74 Å². The first-order valence-electron chi connectivity index (χ1n) is 11.4. The lowest BCUT2D eigenvalue weighted by Gasteiger charge is -2.11. The van der Waals surface area contributed by atoms with Crippen LogP contribution in [0.2, 0.25) is 0 Å². The number of aromatic hydroxyl groups is 1. The lowest BCUT2D eigenvalue weighted by Crippen LogP contribution is -2.06. The highest BCUT2D eigenvalue weighted by atomic mass is 16.5. The Bertz CT molecular complexity index is 854. The Morgan fingerprint density at radius 2 is 1.69 bits per heavy atom. The van der Waals surface area contributed by atoms with E-state index in [-0.39, 0.29) is 0 Å². The molecule has 0 saturated heterocycles. The van der Waals surface area contributed by atoms with Crippen molar-refractivity contribution in [2.24, 2.45) is 0 Å². The van der Waals surface area contributed by atoms with Crippen molar-refractivity contribution in [1.82, 2.24) is 0 Å². The standard InChI is InChI=1S/C28H42O4/c1-19(2)11-14-27(30)22(5)10-8-9-20(3)15-25(29)16-21(4)12-13-24-18-26(32-7)17-23(6)28(24)31/h10-12,15,17-18,25,27,29-31H,8-9,13-14,16H2,1-7H3/t25-,27+/m0/s1. The van der Waals surface area contributed by atoms with E-state index < -0.39 is 12.2 Å². The van der Waals surface area contributed by atoms with Crippen LogP contribution in [0.3, 0.4) is 0 Å². The molecule has 0 heterocycles. The third-order valence-corrected chi connectivity index (χ3v) is 5.55. The molecule has 1 rings (SSSR count). The monoisotopic (exact) mass is 442 g/mol. The average molecular weight is 443 g/mol. The number of benzene rings is 1. The van der Waals surface area contributed by atoms with E-state index >= 15 is 0 Å². The number of hydrogen-bond acceptors (Lipinski definition) is 4. The average Bonchev–Trinajstić information content (AvgIpc) is 2.72. The fourth-order valence-electron chi connectivity index (χ4n) is 3.46. The Morgan fingerprint density at radius 3 is 2.31 bits per heavy atom. The first-order chi connectivity index (χ1) is 15.0. The van der Waals surface area contributed by atoms with Crippen molar-refractivity contribution in [2.45, 2.75) is 85.9 Å². The van der Waals surface area contributed by atoms with Crippen molar-refractivity contribution >= 4 is 0 Å². The summed E-state index contributed by atoms with van der Waals surface area (Å²) in [5.41, 5.74) is 6.01. The summed E-state index contributed by atoms with van der Waals surface area (Å²) < 4.78 is 5.29. The minimum Gasteiger partial charge on any atom is -0.507 e. The maximum Gasteiger partial charge on any atom is 0.122 e. The van der Waals surface area contributed by atoms with E-state index in [1.807, 2.05) is 65.8 Å². The highest BCUT2D eigenvalue weighted by Crippen LogP contribution is 2.28. The van der Waals surface area contributed by atoms with Crippen LogP contribution in [0.4, 0.5) is 0 Å². The van der Waals surface area contributed by atoms with Gasteiger partial charge in [0.2, 0.25) is 0 Å². The second-order valence-corrected chi connectivity index (χ2v) is 9.01. The number of allylic oxidation sites excluding steroid dienone is 4. The zero-order valence-corrected chi connectivity index (χ0v) is 20.9. The Hall–Kier alpha value is -2.30. The summed E-state index contributed by atoms with van der Waals surface area (Å²) in [5.74, 6) is 1.02. The van der Waals surface area contributed by atoms with Gasteiger partial charge in [0.15, 0.2) is 0 Å². The molecule has 32 heavy (non-hydrogen) atoms. The molecular weight excluding hydrogens is 400 g/mol. The van der Waals surface area contributed by atoms with E-state index in [1.54, 1.807) is 7.11 Å². The highest BCUT2D eigenvalue weighted by Gasteiger charge is 2.08. The minimum absolute atomic E-state index is 0.292. The maximum atomic E-state index is 10.4. The predicted octanol–water partition coefficient (Wildman–Crippen LogP) is 6.34. The van der Waals surface area contributed by atoms with E-state index in [0.717, 1.165) is 46.4 Å². The molecule has 0 aliphatic rings. The number of hydrogen-bond donors (Lipinski definition) is 3. The quantitative estimate of drug-likeness (QED) is 0.330. The molecule has 0 aromatic heterocycles. The topological polar surface area (TPSA) is 69.9 Å². The van der Waals surface area contributed by atoms with Gasteiger partial charge in [-0.1, -0.05) is 41.0 Å². The molecule has 0 amide bonds. The molecule has 0 aliphatic carbocycles. The molecule has 1 aromatic rings. The number of aryl methyl sites for hydroxylation is 1. The van der Waals surface area contributed by atoms with Gasteiger partial charge >= 0.3 is 0 Å². The fourth-order valence-corrected chi connectivity index (χ4v) is 3.46. The number of methoxy groups -OCH3 is 1. The van der Waals surface area contributed by atoms with E-state index in [2.05, 4.69) is 12.2 Å². The van der Waals surface area contributed by atoms with Gasteiger partial charge in [0.1, 0.15) is 11.5 Å². The van der Waals surface area contributed by atoms with Gasteiger partial charge in [-0.15, -0.1) is 0 Å². The van der Waals surface area contributed by atoms with Gasteiger partial charge in [-0.05, 0) is 96.9 Å². The molecule has 0 unspecified atom stereocenters. The molecule has 0 fully saturated rings. The van der Waals surface area contributed by atoms with Gasteiger partial charge in [-0.25, -0.2) is 0 Å². The highest BCUT2D eigenvalue weighted by molar-refractivity contribution is 5.46. The molecule has 4 heteroatoms. The first-order valence-corrected chi connectivity index (χ1v) is 11.4. The summed E-state index contributed by atoms with van der Waals surface area (Å²) in [7, 11) is 1.62. The summed E-state index contributed by atoms with van der Waals surface area (Å²) in [6.45, 7) is 11.9. The van der Waals surface area contributed by atoms with Crippen LogP contribution < -0.4 is 4.74 Å². The van der Waals surface area contributed by atoms with Crippen molar-refractivity contribution < 1.29 is 20.1 Å². The van der Waals surface area contributed by atoms with Crippen LogP contribution in [0, 0.1) is 6.92 Å². The molecule has 0 bridgehead atoms. The van der Waals surface area contributed by atoms with Crippen LogP contribution in [-0.2, 0) is 6.42 Å². The summed E-state index contributed by atoms with van der Waals surface area (Å²) >= 11 is 0. The second kappa shape index (κ2) is 14.0. The minimum atomic E-state index is -0.541. The fraction of sp³-hybridized carbons (Fsp3) is 0.500. The lowest BCUT2D eigenvalue weighted by atomic mass is 10.0. The number of phenolic OH excluding ortho intramolecular Hbond substituents is 1. The van der Waals surface area contributed by atoms with Gasteiger partial charge in [0, 0.05) is 5.56 Å². The predicted molar refractivity (Wildman–Crippen MR) is 134 cm³/mol. The Morgan fingerprint density at radius 1 is 1.00 bits per heavy atom. The van der Waals surface area contributed by atoms with Crippen LogP contribution in [0.1, 0.15) is 71.4 Å². The number of aliphatic hydroxyl groups is 2. The van der Waals surface area contributed by atoms with Gasteiger partial charge in [-0.3, -0.25) is 0 Å². The Kier molecular flexibility index (Phi) is 12.1. The SMILES string of the molecule is COc1cc(C)c(O)c(CC=C(C)C[C@@H](O)C=C(C)CCC=C(C)[C@H](O)CC=C(C)C)c1. The molecule has 4 nitrogen and oxygen atoms in total. The molecule has 0 radical (unpaired) electrons. The molecule has 0 saturated carbocycles. The summed E-state index contributed by atoms with van der Waals surface area (Å²) in [5, 5.41) is 30.9. The zero-order valence-electron chi connectivity index (χ0n) is 20.9. The summed E-state index contributed by atoms with van der Waals surface area (Å²) in [6, 6.07) is 3.66. The molecule has 1 aromatic carbocycles. The van der Waals surface area contributed by atoms with Gasteiger partial charge in [0.05, 0.1) is 19.3 Å². The van der Waals surface area contributed by atoms with Gasteiger partial charge in [-0.2, -0.15) is 0 Å². The molecule has 178 valence electrons. The van der Waals surface area contributed by atoms with Crippen LogP contribution in [0.25, 0.3) is 0 Å². The molecule has 2 atom stereocenters. The first kappa shape index (κ1) is 27.7. The third kappa shape index (κ3) is 10.3. The van der Waals surface area contributed by atoms with Crippen molar-refractivity contribution in [3.63, 3.8) is 0 Å². The number of aliphatic hydroxyl groups excluding tert-OH is 2. The normalized spacial score (nSPS) is 14.8. The van der Waals surface area contributed by atoms with Gasteiger partial charge in [0.25, 0.3) is 0 Å². The zero-order chi connectivity index (χ0) is 24.3. The third-order valence-electron chi connectivity index (χ3n) is 5.55. The lowest BCUT2D eigenvalue weighted by molar-refractivity contribution is 0.213. The van der Waals surface area contributed by atoms with Crippen molar-refractivity contribution in [3.05, 3.63) is 69.9 Å². The maximum absolute atomic E-state index is 10.4. The molecule has 3 N–H and O–H groups in total. The van der Waals surface area contributed by atoms with Gasteiger partial charge < -0.3 is 20.1 Å². The molecular formula is C28H42O4.